The van der Waals surface area contributed by atoms with Gasteiger partial charge in [0.2, 0.25) is 10.0 Å². The van der Waals surface area contributed by atoms with Crippen molar-refractivity contribution in [1.82, 2.24) is 4.31 Å². The molecular formula is C13H26N2O2S. The van der Waals surface area contributed by atoms with Gasteiger partial charge in [0.1, 0.15) is 0 Å². The molecule has 0 aromatic rings. The number of nitrogens with zero attached hydrogens (tertiary/aromatic N) is 1. The summed E-state index contributed by atoms with van der Waals surface area (Å²) < 4.78 is 26.8. The van der Waals surface area contributed by atoms with Crippen LogP contribution in [0.2, 0.25) is 0 Å². The van der Waals surface area contributed by atoms with E-state index in [0.717, 1.165) is 38.5 Å². The van der Waals surface area contributed by atoms with Crippen molar-refractivity contribution in [3.8, 4) is 0 Å². The van der Waals surface area contributed by atoms with Crippen LogP contribution in [0, 0.1) is 5.92 Å². The molecule has 2 fully saturated rings. The zero-order valence-electron chi connectivity index (χ0n) is 11.6. The minimum absolute atomic E-state index is 0.125. The maximum Gasteiger partial charge on any atom is 0.217 e. The third kappa shape index (κ3) is 2.45. The highest BCUT2D eigenvalue weighted by Crippen LogP contribution is 2.41. The van der Waals surface area contributed by atoms with Crippen LogP contribution in [0.25, 0.3) is 0 Å². The first-order valence-corrected chi connectivity index (χ1v) is 8.68. The van der Waals surface area contributed by atoms with Crippen molar-refractivity contribution in [2.24, 2.45) is 11.7 Å². The minimum Gasteiger partial charge on any atom is -0.329 e. The summed E-state index contributed by atoms with van der Waals surface area (Å²) in [5.41, 5.74) is 5.67. The fourth-order valence-electron chi connectivity index (χ4n) is 3.19. The van der Waals surface area contributed by atoms with Gasteiger partial charge in [-0.1, -0.05) is 13.8 Å². The fraction of sp³-hybridized carbons (Fsp3) is 1.00. The zero-order valence-corrected chi connectivity index (χ0v) is 12.4. The summed E-state index contributed by atoms with van der Waals surface area (Å²) in [7, 11) is -3.11. The molecule has 2 saturated carbocycles. The standard InChI is InChI=1S/C13H26N2O2S/c1-3-15(18(16,17)12-4-5-12)13(10-14)8-6-11(2)7-9-13/h11-12H,3-10,14H2,1-2H3. The van der Waals surface area contributed by atoms with E-state index in [-0.39, 0.29) is 10.8 Å². The van der Waals surface area contributed by atoms with Crippen molar-refractivity contribution in [2.45, 2.75) is 63.2 Å². The highest BCUT2D eigenvalue weighted by atomic mass is 32.2. The molecule has 0 saturated heterocycles. The van der Waals surface area contributed by atoms with Crippen LogP contribution in [-0.2, 0) is 10.0 Å². The maximum atomic E-state index is 12.5. The van der Waals surface area contributed by atoms with Gasteiger partial charge in [0.25, 0.3) is 0 Å². The Hall–Kier alpha value is -0.130. The summed E-state index contributed by atoms with van der Waals surface area (Å²) in [4.78, 5) is 0. The Morgan fingerprint density at radius 3 is 2.17 bits per heavy atom. The van der Waals surface area contributed by atoms with E-state index in [4.69, 9.17) is 5.73 Å². The van der Waals surface area contributed by atoms with Gasteiger partial charge in [-0.2, -0.15) is 4.31 Å². The topological polar surface area (TPSA) is 63.4 Å². The summed E-state index contributed by atoms with van der Waals surface area (Å²) in [6.45, 7) is 5.20. The van der Waals surface area contributed by atoms with E-state index >= 15 is 0 Å². The van der Waals surface area contributed by atoms with Crippen LogP contribution in [0.3, 0.4) is 0 Å². The third-order valence-electron chi connectivity index (χ3n) is 4.65. The number of likely N-dealkylation sites (N-methyl/N-ethyl adjacent to an activating group) is 1. The normalized spacial score (nSPS) is 33.9. The molecule has 106 valence electrons. The summed E-state index contributed by atoms with van der Waals surface area (Å²) in [6, 6.07) is 0. The van der Waals surface area contributed by atoms with Gasteiger partial charge in [0, 0.05) is 18.6 Å². The molecule has 2 rings (SSSR count). The number of nitrogens with two attached hydrogens (primary N) is 1. The molecule has 0 radical (unpaired) electrons. The lowest BCUT2D eigenvalue weighted by Crippen LogP contribution is -2.58. The van der Waals surface area contributed by atoms with Crippen molar-refractivity contribution >= 4 is 10.0 Å². The molecule has 2 aliphatic carbocycles. The van der Waals surface area contributed by atoms with Gasteiger partial charge in [-0.15, -0.1) is 0 Å². The number of rotatable bonds is 5. The molecule has 0 unspecified atom stereocenters. The van der Waals surface area contributed by atoms with Crippen molar-refractivity contribution in [2.75, 3.05) is 13.1 Å². The number of hydrogen-bond donors (Lipinski definition) is 1. The monoisotopic (exact) mass is 274 g/mol. The first-order chi connectivity index (χ1) is 8.46. The van der Waals surface area contributed by atoms with E-state index in [1.807, 2.05) is 6.92 Å². The lowest BCUT2D eigenvalue weighted by atomic mass is 9.77. The molecule has 5 heteroatoms. The Labute approximate surface area is 111 Å². The predicted octanol–water partition coefficient (Wildman–Crippen LogP) is 1.71. The van der Waals surface area contributed by atoms with Crippen molar-refractivity contribution in [3.63, 3.8) is 0 Å². The first-order valence-electron chi connectivity index (χ1n) is 7.18. The van der Waals surface area contributed by atoms with Gasteiger partial charge in [-0.3, -0.25) is 0 Å². The Morgan fingerprint density at radius 1 is 1.22 bits per heavy atom. The van der Waals surface area contributed by atoms with Crippen LogP contribution in [0.4, 0.5) is 0 Å². The van der Waals surface area contributed by atoms with Gasteiger partial charge in [-0.05, 0) is 44.4 Å². The second-order valence-corrected chi connectivity index (χ2v) is 8.16. The highest BCUT2D eigenvalue weighted by molar-refractivity contribution is 7.90. The Kier molecular flexibility index (Phi) is 4.04. The molecule has 0 amide bonds. The Morgan fingerprint density at radius 2 is 1.78 bits per heavy atom. The van der Waals surface area contributed by atoms with Gasteiger partial charge >= 0.3 is 0 Å². The smallest absolute Gasteiger partial charge is 0.217 e. The summed E-state index contributed by atoms with van der Waals surface area (Å²) >= 11 is 0. The third-order valence-corrected chi connectivity index (χ3v) is 7.23. The average molecular weight is 274 g/mol. The molecule has 0 aliphatic heterocycles. The second-order valence-electron chi connectivity index (χ2n) is 6.02. The Bertz CT molecular complexity index is 382. The molecule has 0 spiro atoms. The number of sulfonamides is 1. The number of hydrogen-bond acceptors (Lipinski definition) is 3. The van der Waals surface area contributed by atoms with E-state index in [9.17, 15) is 8.42 Å². The van der Waals surface area contributed by atoms with E-state index in [2.05, 4.69) is 6.92 Å². The van der Waals surface area contributed by atoms with Crippen molar-refractivity contribution in [3.05, 3.63) is 0 Å². The molecule has 2 N–H and O–H groups in total. The van der Waals surface area contributed by atoms with E-state index in [1.54, 1.807) is 4.31 Å². The Balaban J connectivity index is 2.23. The quantitative estimate of drug-likeness (QED) is 0.830. The van der Waals surface area contributed by atoms with Crippen LogP contribution < -0.4 is 5.73 Å². The van der Waals surface area contributed by atoms with E-state index < -0.39 is 10.0 Å². The van der Waals surface area contributed by atoms with Crippen LogP contribution in [0.1, 0.15) is 52.4 Å². The van der Waals surface area contributed by atoms with Gasteiger partial charge in [0.05, 0.1) is 5.25 Å². The van der Waals surface area contributed by atoms with Crippen LogP contribution in [0.5, 0.6) is 0 Å². The molecule has 0 atom stereocenters. The first kappa shape index (κ1) is 14.3. The molecular weight excluding hydrogens is 248 g/mol. The highest BCUT2D eigenvalue weighted by Gasteiger charge is 2.48. The lowest BCUT2D eigenvalue weighted by Gasteiger charge is -2.46. The zero-order chi connectivity index (χ0) is 13.4. The molecule has 0 aromatic heterocycles. The molecule has 2 aliphatic rings. The van der Waals surface area contributed by atoms with E-state index in [0.29, 0.717) is 19.0 Å². The summed E-state index contributed by atoms with van der Waals surface area (Å²) in [5.74, 6) is 0.701. The minimum atomic E-state index is -3.11. The molecule has 18 heavy (non-hydrogen) atoms. The molecule has 0 aromatic carbocycles. The average Bonchev–Trinajstić information content (AvgIpc) is 3.17. The molecule has 0 heterocycles. The van der Waals surface area contributed by atoms with Crippen LogP contribution >= 0.6 is 0 Å². The van der Waals surface area contributed by atoms with Crippen LogP contribution in [0.15, 0.2) is 0 Å². The van der Waals surface area contributed by atoms with Crippen molar-refractivity contribution < 1.29 is 8.42 Å². The lowest BCUT2D eigenvalue weighted by molar-refractivity contribution is 0.120. The van der Waals surface area contributed by atoms with Crippen LogP contribution in [-0.4, -0.2) is 36.6 Å². The summed E-state index contributed by atoms with van der Waals surface area (Å²) in [6.07, 6.45) is 5.68. The predicted molar refractivity (Wildman–Crippen MR) is 73.7 cm³/mol. The molecule has 4 nitrogen and oxygen atoms in total. The van der Waals surface area contributed by atoms with Gasteiger partial charge in [-0.25, -0.2) is 8.42 Å². The summed E-state index contributed by atoms with van der Waals surface area (Å²) in [5, 5.41) is -0.125. The van der Waals surface area contributed by atoms with E-state index in [1.165, 1.54) is 0 Å². The van der Waals surface area contributed by atoms with Gasteiger partial charge < -0.3 is 5.73 Å². The fourth-order valence-corrected chi connectivity index (χ4v) is 5.43. The largest absolute Gasteiger partial charge is 0.329 e. The molecule has 0 bridgehead atoms. The SMILES string of the molecule is CCN(C1(CN)CCC(C)CC1)S(=O)(=O)C1CC1. The van der Waals surface area contributed by atoms with Crippen molar-refractivity contribution in [1.29, 1.82) is 0 Å². The maximum absolute atomic E-state index is 12.5. The van der Waals surface area contributed by atoms with Gasteiger partial charge in [0.15, 0.2) is 0 Å². The second kappa shape index (κ2) is 5.10.